The van der Waals surface area contributed by atoms with Crippen LogP contribution in [-0.4, -0.2) is 17.4 Å². The van der Waals surface area contributed by atoms with Gasteiger partial charge in [0.25, 0.3) is 5.91 Å². The molecule has 1 amide bonds. The van der Waals surface area contributed by atoms with E-state index < -0.39 is 11.7 Å². The molecule has 1 aliphatic rings. The van der Waals surface area contributed by atoms with Crippen molar-refractivity contribution in [1.82, 2.24) is 4.98 Å². The maximum Gasteiger partial charge on any atom is 0.416 e. The van der Waals surface area contributed by atoms with Crippen molar-refractivity contribution in [3.05, 3.63) is 70.9 Å². The summed E-state index contributed by atoms with van der Waals surface area (Å²) in [5, 5.41) is 0.743. The molecule has 0 saturated carbocycles. The summed E-state index contributed by atoms with van der Waals surface area (Å²) >= 11 is 0. The number of para-hydroxylation sites is 1. The number of fused-ring (bicyclic) bond motifs is 2. The summed E-state index contributed by atoms with van der Waals surface area (Å²) < 4.78 is 39.0. The first kappa shape index (κ1) is 17.5. The van der Waals surface area contributed by atoms with Crippen molar-refractivity contribution in [1.29, 1.82) is 0 Å². The van der Waals surface area contributed by atoms with Crippen LogP contribution < -0.4 is 4.90 Å². The molecule has 4 rings (SSSR count). The van der Waals surface area contributed by atoms with E-state index >= 15 is 0 Å². The van der Waals surface area contributed by atoms with E-state index in [1.807, 2.05) is 31.2 Å². The van der Waals surface area contributed by atoms with Crippen molar-refractivity contribution in [2.24, 2.45) is 0 Å². The van der Waals surface area contributed by atoms with Crippen LogP contribution in [0.1, 0.15) is 33.6 Å². The van der Waals surface area contributed by atoms with Crippen molar-refractivity contribution in [2.45, 2.75) is 25.9 Å². The molecule has 6 heteroatoms. The number of rotatable bonds is 1. The fraction of sp³-hybridized carbons (Fsp3) is 0.238. The number of alkyl halides is 3. The van der Waals surface area contributed by atoms with Gasteiger partial charge in [-0.05, 0) is 55.7 Å². The second-order valence-corrected chi connectivity index (χ2v) is 6.73. The highest BCUT2D eigenvalue weighted by atomic mass is 19.4. The van der Waals surface area contributed by atoms with E-state index in [1.54, 1.807) is 11.0 Å². The van der Waals surface area contributed by atoms with Gasteiger partial charge in [-0.15, -0.1) is 0 Å². The number of anilines is 1. The molecule has 0 unspecified atom stereocenters. The van der Waals surface area contributed by atoms with Crippen LogP contribution in [0, 0.1) is 6.92 Å². The van der Waals surface area contributed by atoms with E-state index in [-0.39, 0.29) is 5.91 Å². The molecule has 1 aromatic heterocycles. The van der Waals surface area contributed by atoms with Crippen LogP contribution in [0.4, 0.5) is 18.9 Å². The average molecular weight is 370 g/mol. The Morgan fingerprint density at radius 1 is 1.11 bits per heavy atom. The second kappa shape index (κ2) is 6.37. The molecule has 27 heavy (non-hydrogen) atoms. The van der Waals surface area contributed by atoms with Crippen molar-refractivity contribution in [3.63, 3.8) is 0 Å². The molecule has 1 aliphatic heterocycles. The van der Waals surface area contributed by atoms with Crippen LogP contribution >= 0.6 is 0 Å². The minimum Gasteiger partial charge on any atom is -0.308 e. The molecule has 0 bridgehead atoms. The Kier molecular flexibility index (Phi) is 4.13. The maximum atomic E-state index is 13.3. The number of nitrogens with zero attached hydrogens (tertiary/aromatic N) is 2. The fourth-order valence-electron chi connectivity index (χ4n) is 3.61. The molecule has 3 aromatic rings. The third kappa shape index (κ3) is 3.16. The highest BCUT2D eigenvalue weighted by molar-refractivity contribution is 6.14. The minimum absolute atomic E-state index is 0.211. The molecule has 0 fully saturated rings. The largest absolute Gasteiger partial charge is 0.416 e. The number of halogens is 3. The van der Waals surface area contributed by atoms with E-state index in [0.29, 0.717) is 36.2 Å². The van der Waals surface area contributed by atoms with Gasteiger partial charge in [0, 0.05) is 23.3 Å². The fourth-order valence-corrected chi connectivity index (χ4v) is 3.61. The predicted octanol–water partition coefficient (Wildman–Crippen LogP) is 5.16. The Labute approximate surface area is 154 Å². The van der Waals surface area contributed by atoms with Gasteiger partial charge < -0.3 is 4.90 Å². The predicted molar refractivity (Wildman–Crippen MR) is 97.9 cm³/mol. The van der Waals surface area contributed by atoms with E-state index in [4.69, 9.17) is 0 Å². The molecule has 3 nitrogen and oxygen atoms in total. The second-order valence-electron chi connectivity index (χ2n) is 6.73. The summed E-state index contributed by atoms with van der Waals surface area (Å²) in [6.45, 7) is 2.30. The minimum atomic E-state index is -4.39. The van der Waals surface area contributed by atoms with Gasteiger partial charge in [-0.25, -0.2) is 0 Å². The van der Waals surface area contributed by atoms with Crippen LogP contribution in [0.15, 0.2) is 48.5 Å². The monoisotopic (exact) mass is 370 g/mol. The first-order chi connectivity index (χ1) is 12.8. The van der Waals surface area contributed by atoms with Crippen molar-refractivity contribution in [2.75, 3.05) is 11.4 Å². The zero-order chi connectivity index (χ0) is 19.2. The lowest BCUT2D eigenvalue weighted by atomic mass is 9.97. The maximum absolute atomic E-state index is 13.3. The molecule has 0 atom stereocenters. The van der Waals surface area contributed by atoms with Gasteiger partial charge in [-0.1, -0.05) is 18.2 Å². The van der Waals surface area contributed by atoms with E-state index in [9.17, 15) is 18.0 Å². The molecular formula is C21H17F3N2O. The number of aryl methyl sites for hydroxylation is 2. The smallest absolute Gasteiger partial charge is 0.308 e. The number of carbonyl (C=O) groups excluding carboxylic acids is 1. The number of hydrogen-bond acceptors (Lipinski definition) is 2. The molecule has 0 N–H and O–H groups in total. The molecule has 0 spiro atoms. The Hall–Kier alpha value is -2.89. The topological polar surface area (TPSA) is 33.2 Å². The number of aromatic nitrogens is 1. The molecule has 138 valence electrons. The number of pyridine rings is 1. The quantitative estimate of drug-likeness (QED) is 0.593. The zero-order valence-corrected chi connectivity index (χ0v) is 14.7. The third-order valence-corrected chi connectivity index (χ3v) is 4.85. The van der Waals surface area contributed by atoms with Crippen molar-refractivity contribution >= 4 is 22.5 Å². The van der Waals surface area contributed by atoms with Crippen LogP contribution in [0.3, 0.4) is 0 Å². The first-order valence-corrected chi connectivity index (χ1v) is 8.73. The van der Waals surface area contributed by atoms with Crippen LogP contribution in [0.5, 0.6) is 0 Å². The van der Waals surface area contributed by atoms with Gasteiger partial charge in [0.2, 0.25) is 0 Å². The first-order valence-electron chi connectivity index (χ1n) is 8.73. The Bertz CT molecular complexity index is 1040. The van der Waals surface area contributed by atoms with Gasteiger partial charge in [0.15, 0.2) is 0 Å². The summed E-state index contributed by atoms with van der Waals surface area (Å²) in [5.41, 5.74) is 2.40. The number of carbonyl (C=O) groups is 1. The molecule has 2 heterocycles. The molecular weight excluding hydrogens is 353 g/mol. The van der Waals surface area contributed by atoms with Gasteiger partial charge in [0.1, 0.15) is 0 Å². The SMILES string of the molecule is Cc1cc(C(=O)N2CCCc3cc(C(F)(F)F)ccc32)c2ccccc2n1. The molecule has 2 aromatic carbocycles. The standard InChI is InChI=1S/C21H17F3N2O/c1-13-11-17(16-6-2-3-7-18(16)25-13)20(27)26-10-4-5-14-12-15(21(22,23)24)8-9-19(14)26/h2-3,6-9,11-12H,4-5,10H2,1H3. The van der Waals surface area contributed by atoms with Gasteiger partial charge in [0.05, 0.1) is 16.6 Å². The van der Waals surface area contributed by atoms with E-state index in [1.165, 1.54) is 6.07 Å². The van der Waals surface area contributed by atoms with Crippen LogP contribution in [0.2, 0.25) is 0 Å². The van der Waals surface area contributed by atoms with E-state index in [0.717, 1.165) is 28.7 Å². The summed E-state index contributed by atoms with van der Waals surface area (Å²) in [6.07, 6.45) is -3.24. The van der Waals surface area contributed by atoms with Gasteiger partial charge in [-0.2, -0.15) is 13.2 Å². The van der Waals surface area contributed by atoms with Gasteiger partial charge >= 0.3 is 6.18 Å². The van der Waals surface area contributed by atoms with Crippen molar-refractivity contribution in [3.8, 4) is 0 Å². The number of benzene rings is 2. The number of amides is 1. The lowest BCUT2D eigenvalue weighted by Crippen LogP contribution is -2.35. The summed E-state index contributed by atoms with van der Waals surface area (Å²) in [4.78, 5) is 19.3. The lowest BCUT2D eigenvalue weighted by molar-refractivity contribution is -0.137. The third-order valence-electron chi connectivity index (χ3n) is 4.85. The Morgan fingerprint density at radius 2 is 1.89 bits per heavy atom. The summed E-state index contributed by atoms with van der Waals surface area (Å²) in [6, 6.07) is 12.7. The summed E-state index contributed by atoms with van der Waals surface area (Å²) in [7, 11) is 0. The highest BCUT2D eigenvalue weighted by Gasteiger charge is 2.33. The Morgan fingerprint density at radius 3 is 2.67 bits per heavy atom. The molecule has 0 aliphatic carbocycles. The molecule has 0 saturated heterocycles. The highest BCUT2D eigenvalue weighted by Crippen LogP contribution is 2.36. The normalized spacial score (nSPS) is 14.3. The zero-order valence-electron chi connectivity index (χ0n) is 14.7. The average Bonchev–Trinajstić information content (AvgIpc) is 2.65. The lowest BCUT2D eigenvalue weighted by Gasteiger charge is -2.30. The number of hydrogen-bond donors (Lipinski definition) is 0. The molecule has 0 radical (unpaired) electrons. The summed E-state index contributed by atoms with van der Waals surface area (Å²) in [5.74, 6) is -0.211. The Balaban J connectivity index is 1.79. The van der Waals surface area contributed by atoms with Gasteiger partial charge in [-0.3, -0.25) is 9.78 Å². The van der Waals surface area contributed by atoms with Crippen LogP contribution in [-0.2, 0) is 12.6 Å². The van der Waals surface area contributed by atoms with Crippen LogP contribution in [0.25, 0.3) is 10.9 Å². The van der Waals surface area contributed by atoms with E-state index in [2.05, 4.69) is 4.98 Å². The van der Waals surface area contributed by atoms with Crippen molar-refractivity contribution < 1.29 is 18.0 Å².